The molecule has 2 N–H and O–H groups in total. The molecule has 0 fully saturated rings. The molecule has 0 saturated heterocycles. The molecule has 0 aromatic heterocycles. The predicted octanol–water partition coefficient (Wildman–Crippen LogP) is 2.08. The van der Waals surface area contributed by atoms with Crippen LogP contribution in [0.3, 0.4) is 0 Å². The highest BCUT2D eigenvalue weighted by Crippen LogP contribution is 2.17. The van der Waals surface area contributed by atoms with Gasteiger partial charge in [-0.15, -0.1) is 0 Å². The minimum Gasteiger partial charge on any atom is -0.381 e. The van der Waals surface area contributed by atoms with E-state index in [-0.39, 0.29) is 11.9 Å². The van der Waals surface area contributed by atoms with Gasteiger partial charge in [-0.25, -0.2) is 4.39 Å². The molecule has 0 heterocycles. The summed E-state index contributed by atoms with van der Waals surface area (Å²) < 4.78 is 13.3. The highest BCUT2D eigenvalue weighted by molar-refractivity contribution is 5.84. The van der Waals surface area contributed by atoms with E-state index in [9.17, 15) is 14.3 Å². The Balaban J connectivity index is 2.80. The molecule has 3 nitrogen and oxygen atoms in total. The third-order valence-electron chi connectivity index (χ3n) is 2.60. The molecule has 0 radical (unpaired) electrons. The van der Waals surface area contributed by atoms with Crippen molar-refractivity contribution >= 4 is 5.91 Å². The van der Waals surface area contributed by atoms with Crippen LogP contribution in [0.1, 0.15) is 37.9 Å². The van der Waals surface area contributed by atoms with Crippen molar-refractivity contribution in [1.82, 2.24) is 5.32 Å². The Morgan fingerprint density at radius 2 is 2.06 bits per heavy atom. The highest BCUT2D eigenvalue weighted by Gasteiger charge is 2.25. The predicted molar refractivity (Wildman–Crippen MR) is 64.0 cm³/mol. The lowest BCUT2D eigenvalue weighted by Gasteiger charge is -2.21. The van der Waals surface area contributed by atoms with Crippen molar-refractivity contribution in [3.8, 4) is 0 Å². The highest BCUT2D eigenvalue weighted by atomic mass is 19.1. The summed E-state index contributed by atoms with van der Waals surface area (Å²) in [5.74, 6) is -0.780. The van der Waals surface area contributed by atoms with Gasteiger partial charge in [-0.1, -0.05) is 12.1 Å². The first-order valence-electron chi connectivity index (χ1n) is 5.51. The average molecular weight is 239 g/mol. The van der Waals surface area contributed by atoms with E-state index in [0.717, 1.165) is 0 Å². The van der Waals surface area contributed by atoms with Gasteiger partial charge >= 0.3 is 0 Å². The van der Waals surface area contributed by atoms with E-state index < -0.39 is 11.5 Å². The molecule has 1 rings (SSSR count). The van der Waals surface area contributed by atoms with E-state index >= 15 is 0 Å². The number of rotatable bonds is 3. The normalized spacial score (nSPS) is 13.3. The first-order chi connectivity index (χ1) is 7.71. The summed E-state index contributed by atoms with van der Waals surface area (Å²) in [5, 5.41) is 12.1. The van der Waals surface area contributed by atoms with Crippen molar-refractivity contribution in [1.29, 1.82) is 0 Å². The molecule has 1 atom stereocenters. The lowest BCUT2D eigenvalue weighted by Crippen LogP contribution is -2.42. The monoisotopic (exact) mass is 239 g/mol. The first kappa shape index (κ1) is 13.6. The Morgan fingerprint density at radius 1 is 1.47 bits per heavy atom. The second-order valence-electron chi connectivity index (χ2n) is 4.76. The van der Waals surface area contributed by atoms with Gasteiger partial charge in [0, 0.05) is 0 Å². The van der Waals surface area contributed by atoms with E-state index in [1.807, 2.05) is 0 Å². The molecule has 0 spiro atoms. The van der Waals surface area contributed by atoms with Gasteiger partial charge in [-0.2, -0.15) is 0 Å². The number of hydrogen-bond acceptors (Lipinski definition) is 2. The van der Waals surface area contributed by atoms with Crippen LogP contribution >= 0.6 is 0 Å². The number of aryl methyl sites for hydroxylation is 1. The van der Waals surface area contributed by atoms with Crippen LogP contribution in [0.5, 0.6) is 0 Å². The third-order valence-corrected chi connectivity index (χ3v) is 2.60. The lowest BCUT2D eigenvalue weighted by molar-refractivity contribution is -0.137. The largest absolute Gasteiger partial charge is 0.381 e. The molecular formula is C13H18FNO2. The molecule has 0 aliphatic carbocycles. The molecule has 1 aromatic rings. The first-order valence-corrected chi connectivity index (χ1v) is 5.51. The summed E-state index contributed by atoms with van der Waals surface area (Å²) in [6, 6.07) is 4.47. The minimum atomic E-state index is -1.43. The van der Waals surface area contributed by atoms with E-state index in [1.54, 1.807) is 26.0 Å². The number of benzene rings is 1. The number of carbonyl (C=O) groups is 1. The maximum atomic E-state index is 13.3. The summed E-state index contributed by atoms with van der Waals surface area (Å²) in [6.45, 7) is 6.24. The van der Waals surface area contributed by atoms with Crippen LogP contribution in [-0.2, 0) is 4.79 Å². The van der Waals surface area contributed by atoms with Gasteiger partial charge in [-0.05, 0) is 44.9 Å². The SMILES string of the molecule is Cc1ccc(C(C)NC(=O)C(C)(C)O)cc1F. The van der Waals surface area contributed by atoms with Crippen LogP contribution in [0.15, 0.2) is 18.2 Å². The fraction of sp³-hybridized carbons (Fsp3) is 0.462. The van der Waals surface area contributed by atoms with Gasteiger partial charge < -0.3 is 10.4 Å². The van der Waals surface area contributed by atoms with Crippen LogP contribution < -0.4 is 5.32 Å². The summed E-state index contributed by atoms with van der Waals surface area (Å²) in [7, 11) is 0. The Morgan fingerprint density at radius 3 is 2.53 bits per heavy atom. The van der Waals surface area contributed by atoms with Crippen molar-refractivity contribution in [2.75, 3.05) is 0 Å². The maximum Gasteiger partial charge on any atom is 0.251 e. The second kappa shape index (κ2) is 4.84. The van der Waals surface area contributed by atoms with Crippen LogP contribution in [-0.4, -0.2) is 16.6 Å². The van der Waals surface area contributed by atoms with E-state index in [2.05, 4.69) is 5.32 Å². The van der Waals surface area contributed by atoms with E-state index in [1.165, 1.54) is 19.9 Å². The molecule has 4 heteroatoms. The number of carbonyl (C=O) groups excluding carboxylic acids is 1. The van der Waals surface area contributed by atoms with Crippen LogP contribution in [0.25, 0.3) is 0 Å². The molecule has 0 bridgehead atoms. The van der Waals surface area contributed by atoms with Crippen LogP contribution in [0.4, 0.5) is 4.39 Å². The molecule has 94 valence electrons. The number of aliphatic hydroxyl groups is 1. The Labute approximate surface area is 101 Å². The summed E-state index contributed by atoms with van der Waals surface area (Å²) in [5.41, 5.74) is -0.196. The summed E-state index contributed by atoms with van der Waals surface area (Å²) >= 11 is 0. The molecule has 0 aliphatic heterocycles. The summed E-state index contributed by atoms with van der Waals surface area (Å²) in [6.07, 6.45) is 0. The number of nitrogens with one attached hydrogen (secondary N) is 1. The van der Waals surface area contributed by atoms with Gasteiger partial charge in [0.25, 0.3) is 5.91 Å². The number of halogens is 1. The van der Waals surface area contributed by atoms with Gasteiger partial charge in [0.1, 0.15) is 11.4 Å². The zero-order valence-electron chi connectivity index (χ0n) is 10.5. The number of hydrogen-bond donors (Lipinski definition) is 2. The molecule has 1 aromatic carbocycles. The quantitative estimate of drug-likeness (QED) is 0.848. The van der Waals surface area contributed by atoms with Crippen LogP contribution in [0, 0.1) is 12.7 Å². The van der Waals surface area contributed by atoms with Gasteiger partial charge in [-0.3, -0.25) is 4.79 Å². The number of amides is 1. The Kier molecular flexibility index (Phi) is 3.88. The van der Waals surface area contributed by atoms with Crippen molar-refractivity contribution in [3.05, 3.63) is 35.1 Å². The summed E-state index contributed by atoms with van der Waals surface area (Å²) in [4.78, 5) is 11.5. The van der Waals surface area contributed by atoms with E-state index in [0.29, 0.717) is 11.1 Å². The van der Waals surface area contributed by atoms with Gasteiger partial charge in [0.05, 0.1) is 6.04 Å². The zero-order chi connectivity index (χ0) is 13.2. The van der Waals surface area contributed by atoms with E-state index in [4.69, 9.17) is 0 Å². The van der Waals surface area contributed by atoms with Crippen molar-refractivity contribution < 1.29 is 14.3 Å². The van der Waals surface area contributed by atoms with Gasteiger partial charge in [0.2, 0.25) is 0 Å². The minimum absolute atomic E-state index is 0.299. The molecule has 17 heavy (non-hydrogen) atoms. The smallest absolute Gasteiger partial charge is 0.251 e. The third kappa shape index (κ3) is 3.53. The lowest BCUT2D eigenvalue weighted by atomic mass is 10.0. The van der Waals surface area contributed by atoms with Crippen molar-refractivity contribution in [2.24, 2.45) is 0 Å². The fourth-order valence-corrected chi connectivity index (χ4v) is 1.34. The standard InChI is InChI=1S/C13H18FNO2/c1-8-5-6-10(7-11(8)14)9(2)15-12(16)13(3,4)17/h5-7,9,17H,1-4H3,(H,15,16). The van der Waals surface area contributed by atoms with Gasteiger partial charge in [0.15, 0.2) is 0 Å². The van der Waals surface area contributed by atoms with Crippen molar-refractivity contribution in [3.63, 3.8) is 0 Å². The van der Waals surface area contributed by atoms with Crippen molar-refractivity contribution in [2.45, 2.75) is 39.3 Å². The molecule has 1 amide bonds. The Bertz CT molecular complexity index is 424. The topological polar surface area (TPSA) is 49.3 Å². The molecular weight excluding hydrogens is 221 g/mol. The van der Waals surface area contributed by atoms with Crippen LogP contribution in [0.2, 0.25) is 0 Å². The molecule has 0 aliphatic rings. The maximum absolute atomic E-state index is 13.3. The Hall–Kier alpha value is -1.42. The molecule has 0 saturated carbocycles. The molecule has 1 unspecified atom stereocenters. The average Bonchev–Trinajstić information content (AvgIpc) is 2.20. The zero-order valence-corrected chi connectivity index (χ0v) is 10.5. The fourth-order valence-electron chi connectivity index (χ4n) is 1.34. The second-order valence-corrected chi connectivity index (χ2v) is 4.76.